The number of rotatable bonds is 5. The summed E-state index contributed by atoms with van der Waals surface area (Å²) in [5.74, 6) is -1.14. The van der Waals surface area contributed by atoms with Crippen molar-refractivity contribution in [3.8, 4) is 5.75 Å². The summed E-state index contributed by atoms with van der Waals surface area (Å²) in [5.41, 5.74) is 0.503. The summed E-state index contributed by atoms with van der Waals surface area (Å²) in [6.45, 7) is -0.333. The topological polar surface area (TPSA) is 110 Å². The van der Waals surface area contributed by atoms with E-state index in [1.807, 2.05) is 0 Å². The number of aliphatic hydroxyl groups is 1. The van der Waals surface area contributed by atoms with Crippen LogP contribution in [0.5, 0.6) is 5.75 Å². The Hall–Kier alpha value is -2.28. The molecule has 0 unspecified atom stereocenters. The molecule has 19 heavy (non-hydrogen) atoms. The van der Waals surface area contributed by atoms with E-state index in [-0.39, 0.29) is 18.8 Å². The van der Waals surface area contributed by atoms with Crippen molar-refractivity contribution in [2.75, 3.05) is 18.6 Å². The lowest BCUT2D eigenvalue weighted by molar-refractivity contribution is -0.139. The number of hydrogen-bond acceptors (Lipinski definition) is 4. The van der Waals surface area contributed by atoms with Crippen molar-refractivity contribution in [1.82, 2.24) is 5.32 Å². The molecule has 0 saturated carbocycles. The standard InChI is InChI=1S/C12H16N2O5/c1-14(8-2-4-9(16)5-3-8)12(19)13-10(6-7-15)11(17)18/h2-5,10,15-16H,6-7H2,1H3,(H,13,19)(H,17,18)/t10-/m0/s1. The van der Waals surface area contributed by atoms with Gasteiger partial charge in [0, 0.05) is 25.8 Å². The maximum Gasteiger partial charge on any atom is 0.326 e. The number of carbonyl (C=O) groups excluding carboxylic acids is 1. The van der Waals surface area contributed by atoms with Crippen LogP contribution in [0.1, 0.15) is 6.42 Å². The van der Waals surface area contributed by atoms with E-state index in [9.17, 15) is 9.59 Å². The molecule has 7 nitrogen and oxygen atoms in total. The lowest BCUT2D eigenvalue weighted by Gasteiger charge is -2.21. The number of nitrogens with one attached hydrogen (secondary N) is 1. The molecule has 1 aromatic carbocycles. The van der Waals surface area contributed by atoms with Crippen LogP contribution in [0.2, 0.25) is 0 Å². The molecule has 1 atom stereocenters. The summed E-state index contributed by atoms with van der Waals surface area (Å²) in [6, 6.07) is 4.14. The Morgan fingerprint density at radius 3 is 2.37 bits per heavy atom. The van der Waals surface area contributed by atoms with Crippen molar-refractivity contribution in [3.63, 3.8) is 0 Å². The predicted octanol–water partition coefficient (Wildman–Crippen LogP) is 0.374. The van der Waals surface area contributed by atoms with E-state index in [1.165, 1.54) is 36.2 Å². The Kier molecular flexibility index (Phi) is 5.13. The number of carboxylic acid groups (broad SMARTS) is 1. The maximum atomic E-state index is 11.8. The van der Waals surface area contributed by atoms with Crippen molar-refractivity contribution in [2.24, 2.45) is 0 Å². The molecule has 0 heterocycles. The second-order valence-corrected chi connectivity index (χ2v) is 3.93. The van der Waals surface area contributed by atoms with Crippen LogP contribution in [0.25, 0.3) is 0 Å². The highest BCUT2D eigenvalue weighted by atomic mass is 16.4. The number of hydrogen-bond donors (Lipinski definition) is 4. The fourth-order valence-corrected chi connectivity index (χ4v) is 1.43. The molecule has 0 aromatic heterocycles. The SMILES string of the molecule is CN(C(=O)N[C@@H](CCO)C(=O)O)c1ccc(O)cc1. The Morgan fingerprint density at radius 1 is 1.32 bits per heavy atom. The van der Waals surface area contributed by atoms with Crippen LogP contribution in [0.3, 0.4) is 0 Å². The number of aliphatic carboxylic acids is 1. The van der Waals surface area contributed by atoms with Gasteiger partial charge in [-0.3, -0.25) is 4.90 Å². The van der Waals surface area contributed by atoms with E-state index in [2.05, 4.69) is 5.32 Å². The first-order valence-corrected chi connectivity index (χ1v) is 5.62. The molecule has 104 valence electrons. The largest absolute Gasteiger partial charge is 0.508 e. The number of aromatic hydroxyl groups is 1. The monoisotopic (exact) mass is 268 g/mol. The van der Waals surface area contributed by atoms with Crippen LogP contribution in [0.4, 0.5) is 10.5 Å². The van der Waals surface area contributed by atoms with Gasteiger partial charge in [-0.15, -0.1) is 0 Å². The van der Waals surface area contributed by atoms with Crippen molar-refractivity contribution in [2.45, 2.75) is 12.5 Å². The molecule has 0 aliphatic rings. The number of phenols is 1. The van der Waals surface area contributed by atoms with Gasteiger partial charge in [-0.25, -0.2) is 9.59 Å². The molecule has 0 aliphatic heterocycles. The minimum absolute atomic E-state index is 0.0650. The molecule has 7 heteroatoms. The van der Waals surface area contributed by atoms with Gasteiger partial charge in [-0.05, 0) is 24.3 Å². The van der Waals surface area contributed by atoms with Gasteiger partial charge in [-0.2, -0.15) is 0 Å². The Morgan fingerprint density at radius 2 is 1.89 bits per heavy atom. The van der Waals surface area contributed by atoms with Crippen molar-refractivity contribution >= 4 is 17.7 Å². The quantitative estimate of drug-likeness (QED) is 0.617. The molecular weight excluding hydrogens is 252 g/mol. The lowest BCUT2D eigenvalue weighted by atomic mass is 10.2. The average molecular weight is 268 g/mol. The molecular formula is C12H16N2O5. The van der Waals surface area contributed by atoms with Crippen LogP contribution in [-0.2, 0) is 4.79 Å². The summed E-state index contributed by atoms with van der Waals surface area (Å²) < 4.78 is 0. The first-order chi connectivity index (χ1) is 8.95. The molecule has 0 fully saturated rings. The minimum Gasteiger partial charge on any atom is -0.508 e. The predicted molar refractivity (Wildman–Crippen MR) is 68.2 cm³/mol. The van der Waals surface area contributed by atoms with Crippen molar-refractivity contribution < 1.29 is 24.9 Å². The molecule has 0 aliphatic carbocycles. The van der Waals surface area contributed by atoms with E-state index in [4.69, 9.17) is 15.3 Å². The third-order valence-corrected chi connectivity index (χ3v) is 2.56. The van der Waals surface area contributed by atoms with Gasteiger partial charge in [0.25, 0.3) is 0 Å². The highest BCUT2D eigenvalue weighted by Crippen LogP contribution is 2.17. The zero-order valence-corrected chi connectivity index (χ0v) is 10.4. The second-order valence-electron chi connectivity index (χ2n) is 3.93. The number of urea groups is 1. The van der Waals surface area contributed by atoms with Crippen LogP contribution in [0, 0.1) is 0 Å². The van der Waals surface area contributed by atoms with Crippen molar-refractivity contribution in [3.05, 3.63) is 24.3 Å². The Labute approximate surface area is 110 Å². The minimum atomic E-state index is -1.21. The molecule has 1 aromatic rings. The van der Waals surface area contributed by atoms with Crippen molar-refractivity contribution in [1.29, 1.82) is 0 Å². The fraction of sp³-hybridized carbons (Fsp3) is 0.333. The third-order valence-electron chi connectivity index (χ3n) is 2.56. The number of benzene rings is 1. The van der Waals surface area contributed by atoms with Crippen LogP contribution < -0.4 is 10.2 Å². The number of phenolic OH excluding ortho intramolecular Hbond substituents is 1. The average Bonchev–Trinajstić information content (AvgIpc) is 2.38. The zero-order valence-electron chi connectivity index (χ0n) is 10.4. The maximum absolute atomic E-state index is 11.8. The zero-order chi connectivity index (χ0) is 14.4. The number of carbonyl (C=O) groups is 2. The summed E-state index contributed by atoms with van der Waals surface area (Å²) in [6.07, 6.45) is -0.0650. The van der Waals surface area contributed by atoms with E-state index in [0.717, 1.165) is 0 Å². The van der Waals surface area contributed by atoms with Crippen LogP contribution >= 0.6 is 0 Å². The molecule has 4 N–H and O–H groups in total. The summed E-state index contributed by atoms with van der Waals surface area (Å²) in [7, 11) is 1.47. The van der Waals surface area contributed by atoms with Gasteiger partial charge >= 0.3 is 12.0 Å². The van der Waals surface area contributed by atoms with Gasteiger partial charge in [-0.1, -0.05) is 0 Å². The number of aliphatic hydroxyl groups excluding tert-OH is 1. The molecule has 0 saturated heterocycles. The number of anilines is 1. The first kappa shape index (κ1) is 14.8. The van der Waals surface area contributed by atoms with Gasteiger partial charge in [0.1, 0.15) is 11.8 Å². The molecule has 1 rings (SSSR count). The molecule has 0 radical (unpaired) electrons. The summed E-state index contributed by atoms with van der Waals surface area (Å²) in [5, 5.41) is 29.0. The number of nitrogens with zero attached hydrogens (tertiary/aromatic N) is 1. The van der Waals surface area contributed by atoms with Crippen LogP contribution in [-0.4, -0.2) is 47.0 Å². The van der Waals surface area contributed by atoms with E-state index in [0.29, 0.717) is 5.69 Å². The van der Waals surface area contributed by atoms with E-state index in [1.54, 1.807) is 0 Å². The third kappa shape index (κ3) is 4.14. The van der Waals surface area contributed by atoms with Gasteiger partial charge < -0.3 is 20.6 Å². The summed E-state index contributed by atoms with van der Waals surface area (Å²) in [4.78, 5) is 23.9. The first-order valence-electron chi connectivity index (χ1n) is 5.62. The van der Waals surface area contributed by atoms with Crippen LogP contribution in [0.15, 0.2) is 24.3 Å². The number of amides is 2. The Balaban J connectivity index is 2.71. The van der Waals surface area contributed by atoms with Gasteiger partial charge in [0.2, 0.25) is 0 Å². The van der Waals surface area contributed by atoms with Gasteiger partial charge in [0.15, 0.2) is 0 Å². The smallest absolute Gasteiger partial charge is 0.326 e. The highest BCUT2D eigenvalue weighted by Gasteiger charge is 2.21. The summed E-state index contributed by atoms with van der Waals surface area (Å²) >= 11 is 0. The van der Waals surface area contributed by atoms with E-state index < -0.39 is 18.0 Å². The fourth-order valence-electron chi connectivity index (χ4n) is 1.43. The molecule has 0 spiro atoms. The highest BCUT2D eigenvalue weighted by molar-refractivity contribution is 5.94. The second kappa shape index (κ2) is 6.60. The number of carboxylic acids is 1. The molecule has 2 amide bonds. The normalized spacial score (nSPS) is 11.7. The Bertz CT molecular complexity index is 446. The lowest BCUT2D eigenvalue weighted by Crippen LogP contribution is -2.47. The van der Waals surface area contributed by atoms with Gasteiger partial charge in [0.05, 0.1) is 0 Å². The molecule has 0 bridgehead atoms. The van der Waals surface area contributed by atoms with E-state index >= 15 is 0 Å².